The molecule has 0 unspecified atom stereocenters. The van der Waals surface area contributed by atoms with Gasteiger partial charge in [-0.3, -0.25) is 0 Å². The molecule has 2 rings (SSSR count). The van der Waals surface area contributed by atoms with Crippen molar-refractivity contribution in [1.29, 1.82) is 0 Å². The SMILES string of the molecule is COc1cc(C)c(-c2cc(C)no2)c(C)c1C. The highest BCUT2D eigenvalue weighted by molar-refractivity contribution is 5.70. The second-order valence-electron chi connectivity index (χ2n) is 4.35. The van der Waals surface area contributed by atoms with Gasteiger partial charge in [-0.1, -0.05) is 5.16 Å². The maximum atomic E-state index is 5.36. The van der Waals surface area contributed by atoms with Crippen LogP contribution < -0.4 is 4.74 Å². The summed E-state index contributed by atoms with van der Waals surface area (Å²) in [4.78, 5) is 0. The van der Waals surface area contributed by atoms with Crippen molar-refractivity contribution in [2.24, 2.45) is 0 Å². The molecule has 90 valence electrons. The molecule has 0 aliphatic heterocycles. The number of hydrogen-bond acceptors (Lipinski definition) is 3. The fourth-order valence-electron chi connectivity index (χ4n) is 2.12. The van der Waals surface area contributed by atoms with Crippen molar-refractivity contribution < 1.29 is 9.26 Å². The maximum Gasteiger partial charge on any atom is 0.167 e. The van der Waals surface area contributed by atoms with E-state index in [1.165, 1.54) is 5.56 Å². The Morgan fingerprint density at radius 1 is 1.06 bits per heavy atom. The van der Waals surface area contributed by atoms with Gasteiger partial charge >= 0.3 is 0 Å². The van der Waals surface area contributed by atoms with Gasteiger partial charge in [-0.25, -0.2) is 0 Å². The Bertz CT molecular complexity index is 556. The second kappa shape index (κ2) is 4.24. The molecule has 0 radical (unpaired) electrons. The molecule has 0 bridgehead atoms. The summed E-state index contributed by atoms with van der Waals surface area (Å²) in [5, 5.41) is 3.94. The van der Waals surface area contributed by atoms with Crippen LogP contribution in [-0.4, -0.2) is 12.3 Å². The Morgan fingerprint density at radius 2 is 1.76 bits per heavy atom. The van der Waals surface area contributed by atoms with E-state index in [1.54, 1.807) is 7.11 Å². The third-order valence-corrected chi connectivity index (χ3v) is 3.14. The van der Waals surface area contributed by atoms with Gasteiger partial charge in [-0.05, 0) is 50.5 Å². The normalized spacial score (nSPS) is 10.6. The van der Waals surface area contributed by atoms with Crippen LogP contribution in [0.1, 0.15) is 22.4 Å². The van der Waals surface area contributed by atoms with E-state index in [1.807, 2.05) is 19.1 Å². The molecule has 0 fully saturated rings. The van der Waals surface area contributed by atoms with Gasteiger partial charge in [0.2, 0.25) is 0 Å². The summed E-state index contributed by atoms with van der Waals surface area (Å²) in [6.45, 7) is 8.12. The summed E-state index contributed by atoms with van der Waals surface area (Å²) >= 11 is 0. The summed E-state index contributed by atoms with van der Waals surface area (Å²) in [6.07, 6.45) is 0. The van der Waals surface area contributed by atoms with Crippen molar-refractivity contribution in [3.63, 3.8) is 0 Å². The van der Waals surface area contributed by atoms with Crippen LogP contribution in [0.2, 0.25) is 0 Å². The number of ether oxygens (including phenoxy) is 1. The van der Waals surface area contributed by atoms with Crippen molar-refractivity contribution in [1.82, 2.24) is 5.16 Å². The predicted molar refractivity (Wildman–Crippen MR) is 67.4 cm³/mol. The summed E-state index contributed by atoms with van der Waals surface area (Å²) in [5.74, 6) is 1.74. The maximum absolute atomic E-state index is 5.36. The molecule has 0 spiro atoms. The van der Waals surface area contributed by atoms with Crippen LogP contribution >= 0.6 is 0 Å². The molecule has 1 aromatic carbocycles. The van der Waals surface area contributed by atoms with Crippen LogP contribution in [-0.2, 0) is 0 Å². The molecule has 0 atom stereocenters. The Morgan fingerprint density at radius 3 is 2.29 bits per heavy atom. The molecular weight excluding hydrogens is 214 g/mol. The lowest BCUT2D eigenvalue weighted by Gasteiger charge is -2.13. The van der Waals surface area contributed by atoms with E-state index in [0.29, 0.717) is 0 Å². The summed E-state index contributed by atoms with van der Waals surface area (Å²) in [6, 6.07) is 4.00. The first-order valence-electron chi connectivity index (χ1n) is 5.63. The molecule has 0 saturated carbocycles. The zero-order valence-corrected chi connectivity index (χ0v) is 10.9. The van der Waals surface area contributed by atoms with Crippen LogP contribution in [0.3, 0.4) is 0 Å². The Hall–Kier alpha value is -1.77. The molecule has 17 heavy (non-hydrogen) atoms. The van der Waals surface area contributed by atoms with Crippen LogP contribution in [0.15, 0.2) is 16.7 Å². The number of aromatic nitrogens is 1. The lowest BCUT2D eigenvalue weighted by molar-refractivity contribution is 0.410. The number of benzene rings is 1. The lowest BCUT2D eigenvalue weighted by atomic mass is 9.95. The zero-order valence-electron chi connectivity index (χ0n) is 10.9. The van der Waals surface area contributed by atoms with Gasteiger partial charge in [0.25, 0.3) is 0 Å². The molecule has 0 aliphatic carbocycles. The quantitative estimate of drug-likeness (QED) is 0.792. The minimum Gasteiger partial charge on any atom is -0.496 e. The Kier molecular flexibility index (Phi) is 2.92. The van der Waals surface area contributed by atoms with E-state index in [4.69, 9.17) is 9.26 Å². The molecule has 0 N–H and O–H groups in total. The monoisotopic (exact) mass is 231 g/mol. The van der Waals surface area contributed by atoms with E-state index in [-0.39, 0.29) is 0 Å². The van der Waals surface area contributed by atoms with Crippen molar-refractivity contribution >= 4 is 0 Å². The molecule has 1 heterocycles. The largest absolute Gasteiger partial charge is 0.496 e. The first kappa shape index (κ1) is 11.7. The molecule has 0 aliphatic rings. The number of methoxy groups -OCH3 is 1. The minimum absolute atomic E-state index is 0.822. The average molecular weight is 231 g/mol. The molecule has 3 nitrogen and oxygen atoms in total. The lowest BCUT2D eigenvalue weighted by Crippen LogP contribution is -1.95. The number of rotatable bonds is 2. The van der Waals surface area contributed by atoms with E-state index in [2.05, 4.69) is 25.9 Å². The second-order valence-corrected chi connectivity index (χ2v) is 4.35. The fraction of sp³-hybridized carbons (Fsp3) is 0.357. The van der Waals surface area contributed by atoms with E-state index >= 15 is 0 Å². The van der Waals surface area contributed by atoms with Gasteiger partial charge in [0, 0.05) is 11.6 Å². The Balaban J connectivity index is 2.66. The van der Waals surface area contributed by atoms with E-state index in [9.17, 15) is 0 Å². The summed E-state index contributed by atoms with van der Waals surface area (Å²) in [5.41, 5.74) is 5.47. The Labute approximate surface area is 101 Å². The van der Waals surface area contributed by atoms with E-state index < -0.39 is 0 Å². The smallest absolute Gasteiger partial charge is 0.167 e. The van der Waals surface area contributed by atoms with Crippen molar-refractivity contribution in [2.45, 2.75) is 27.7 Å². The van der Waals surface area contributed by atoms with Gasteiger partial charge in [0.05, 0.1) is 12.8 Å². The molecule has 2 aromatic rings. The highest BCUT2D eigenvalue weighted by Crippen LogP contribution is 2.34. The minimum atomic E-state index is 0.822. The van der Waals surface area contributed by atoms with Gasteiger partial charge in [0.1, 0.15) is 5.75 Å². The van der Waals surface area contributed by atoms with E-state index in [0.717, 1.165) is 33.9 Å². The molecule has 0 amide bonds. The fourth-order valence-corrected chi connectivity index (χ4v) is 2.12. The molecule has 0 saturated heterocycles. The number of aryl methyl sites for hydroxylation is 2. The van der Waals surface area contributed by atoms with Crippen molar-refractivity contribution in [3.8, 4) is 17.1 Å². The van der Waals surface area contributed by atoms with Gasteiger partial charge < -0.3 is 9.26 Å². The third kappa shape index (κ3) is 1.93. The highest BCUT2D eigenvalue weighted by Gasteiger charge is 2.15. The zero-order chi connectivity index (χ0) is 12.6. The molecular formula is C14H17NO2. The highest BCUT2D eigenvalue weighted by atomic mass is 16.5. The van der Waals surface area contributed by atoms with Gasteiger partial charge in [-0.15, -0.1) is 0 Å². The van der Waals surface area contributed by atoms with Crippen LogP contribution in [0.25, 0.3) is 11.3 Å². The molecule has 1 aromatic heterocycles. The summed E-state index contributed by atoms with van der Waals surface area (Å²) < 4.78 is 10.7. The predicted octanol–water partition coefficient (Wildman–Crippen LogP) is 3.58. The number of hydrogen-bond donors (Lipinski definition) is 0. The molecule has 3 heteroatoms. The van der Waals surface area contributed by atoms with Crippen molar-refractivity contribution in [2.75, 3.05) is 7.11 Å². The number of nitrogens with zero attached hydrogens (tertiary/aromatic N) is 1. The topological polar surface area (TPSA) is 35.3 Å². The first-order chi connectivity index (χ1) is 8.04. The van der Waals surface area contributed by atoms with Gasteiger partial charge in [-0.2, -0.15) is 0 Å². The first-order valence-corrected chi connectivity index (χ1v) is 5.63. The van der Waals surface area contributed by atoms with Crippen LogP contribution in [0.5, 0.6) is 5.75 Å². The van der Waals surface area contributed by atoms with Crippen LogP contribution in [0.4, 0.5) is 0 Å². The van der Waals surface area contributed by atoms with Crippen LogP contribution in [0, 0.1) is 27.7 Å². The average Bonchev–Trinajstić information content (AvgIpc) is 2.70. The summed E-state index contributed by atoms with van der Waals surface area (Å²) in [7, 11) is 1.69. The van der Waals surface area contributed by atoms with Crippen molar-refractivity contribution in [3.05, 3.63) is 34.5 Å². The van der Waals surface area contributed by atoms with Gasteiger partial charge in [0.15, 0.2) is 5.76 Å². The standard InChI is InChI=1S/C14H17NO2/c1-8-6-12(16-5)10(3)11(4)14(8)13-7-9(2)15-17-13/h6-7H,1-5H3. The third-order valence-electron chi connectivity index (χ3n) is 3.14.